The maximum atomic E-state index is 14.2. The van der Waals surface area contributed by atoms with Gasteiger partial charge < -0.3 is 9.47 Å². The Labute approximate surface area is 220 Å². The molecule has 1 aliphatic rings. The average Bonchev–Trinajstić information content (AvgIpc) is 3.31. The number of thiazole rings is 1. The number of hydrogen-bond acceptors (Lipinski definition) is 7. The Morgan fingerprint density at radius 1 is 1.20 bits per heavy atom. The number of fused-ring (bicyclic) bond motifs is 1. The summed E-state index contributed by atoms with van der Waals surface area (Å²) in [6.07, 6.45) is 2.03. The van der Waals surface area contributed by atoms with Gasteiger partial charge in [-0.15, -0.1) is 24.2 Å². The number of methoxy groups -OCH3 is 1. The van der Waals surface area contributed by atoms with E-state index >= 15 is 0 Å². The molecule has 35 heavy (non-hydrogen) atoms. The van der Waals surface area contributed by atoms with Gasteiger partial charge in [-0.3, -0.25) is 14.6 Å². The third kappa shape index (κ3) is 7.79. The Bertz CT molecular complexity index is 1080. The normalized spacial score (nSPS) is 14.0. The van der Waals surface area contributed by atoms with Crippen molar-refractivity contribution in [2.24, 2.45) is 0 Å². The summed E-state index contributed by atoms with van der Waals surface area (Å²) in [5, 5.41) is 0.579. The standard InChI is InChI=1S/C25H30FN3O3S2.ClH/c1-31-19-8-10-20(11-9-19)33-18-3-7-23(30)29(13-4-12-28-14-16-32-17-15-28)25-27-24-21(26)5-2-6-22(24)34-25;/h2,5-6,8-11H,3-4,7,12-18H2,1H3;1H. The molecule has 10 heteroatoms. The van der Waals surface area contributed by atoms with Crippen LogP contribution in [0.5, 0.6) is 5.75 Å². The fraction of sp³-hybridized carbons (Fsp3) is 0.440. The van der Waals surface area contributed by atoms with Gasteiger partial charge in [0, 0.05) is 37.5 Å². The molecule has 0 aliphatic carbocycles. The molecule has 0 spiro atoms. The fourth-order valence-electron chi connectivity index (χ4n) is 3.84. The summed E-state index contributed by atoms with van der Waals surface area (Å²) in [4.78, 5) is 23.0. The molecule has 0 saturated carbocycles. The minimum Gasteiger partial charge on any atom is -0.497 e. The van der Waals surface area contributed by atoms with Crippen LogP contribution >= 0.6 is 35.5 Å². The number of carbonyl (C=O) groups excluding carboxylic acids is 1. The monoisotopic (exact) mass is 539 g/mol. The quantitative estimate of drug-likeness (QED) is 0.237. The van der Waals surface area contributed by atoms with Gasteiger partial charge in [0.05, 0.1) is 25.0 Å². The smallest absolute Gasteiger partial charge is 0.228 e. The predicted octanol–water partition coefficient (Wildman–Crippen LogP) is 5.49. The number of thioether (sulfide) groups is 1. The van der Waals surface area contributed by atoms with Crippen molar-refractivity contribution >= 4 is 56.8 Å². The second-order valence-corrected chi connectivity index (χ2v) is 10.2. The van der Waals surface area contributed by atoms with Gasteiger partial charge in [-0.1, -0.05) is 17.4 Å². The van der Waals surface area contributed by atoms with Crippen LogP contribution in [-0.4, -0.2) is 68.0 Å². The van der Waals surface area contributed by atoms with E-state index < -0.39 is 0 Å². The number of rotatable bonds is 11. The van der Waals surface area contributed by atoms with Crippen LogP contribution in [0.4, 0.5) is 9.52 Å². The van der Waals surface area contributed by atoms with Gasteiger partial charge in [0.25, 0.3) is 0 Å². The second kappa shape index (κ2) is 14.0. The van der Waals surface area contributed by atoms with Gasteiger partial charge >= 0.3 is 0 Å². The van der Waals surface area contributed by atoms with Crippen molar-refractivity contribution in [1.29, 1.82) is 0 Å². The highest BCUT2D eigenvalue weighted by Crippen LogP contribution is 2.31. The lowest BCUT2D eigenvalue weighted by Gasteiger charge is -2.27. The molecule has 0 atom stereocenters. The number of para-hydroxylation sites is 1. The molecule has 190 valence electrons. The number of aromatic nitrogens is 1. The van der Waals surface area contributed by atoms with Crippen molar-refractivity contribution in [3.05, 3.63) is 48.3 Å². The van der Waals surface area contributed by atoms with E-state index in [4.69, 9.17) is 9.47 Å². The van der Waals surface area contributed by atoms with Crippen molar-refractivity contribution in [2.75, 3.05) is 57.2 Å². The number of hydrogen-bond donors (Lipinski definition) is 0. The molecule has 1 fully saturated rings. The molecule has 1 saturated heterocycles. The molecular weight excluding hydrogens is 509 g/mol. The van der Waals surface area contributed by atoms with E-state index in [1.807, 2.05) is 30.3 Å². The van der Waals surface area contributed by atoms with E-state index in [0.717, 1.165) is 66.8 Å². The van der Waals surface area contributed by atoms with Gasteiger partial charge in [0.15, 0.2) is 5.13 Å². The third-order valence-corrected chi connectivity index (χ3v) is 7.86. The largest absolute Gasteiger partial charge is 0.497 e. The summed E-state index contributed by atoms with van der Waals surface area (Å²) in [6.45, 7) is 4.83. The molecule has 0 bridgehead atoms. The lowest BCUT2D eigenvalue weighted by molar-refractivity contribution is -0.118. The van der Waals surface area contributed by atoms with Crippen molar-refractivity contribution in [3.8, 4) is 5.75 Å². The minimum absolute atomic E-state index is 0. The average molecular weight is 540 g/mol. The SMILES string of the molecule is COc1ccc(SCCCC(=O)N(CCCN2CCOCC2)c2nc3c(F)cccc3s2)cc1.Cl. The van der Waals surface area contributed by atoms with E-state index in [9.17, 15) is 9.18 Å². The lowest BCUT2D eigenvalue weighted by Crippen LogP contribution is -2.39. The second-order valence-electron chi connectivity index (χ2n) is 8.06. The molecule has 1 amide bonds. The van der Waals surface area contributed by atoms with Crippen LogP contribution in [0.25, 0.3) is 10.2 Å². The highest BCUT2D eigenvalue weighted by molar-refractivity contribution is 7.99. The Kier molecular flexibility index (Phi) is 11.1. The number of carbonyl (C=O) groups is 1. The van der Waals surface area contributed by atoms with Gasteiger partial charge in [0.1, 0.15) is 17.1 Å². The summed E-state index contributed by atoms with van der Waals surface area (Å²) in [5.74, 6) is 1.36. The molecule has 3 aromatic rings. The summed E-state index contributed by atoms with van der Waals surface area (Å²) in [7, 11) is 1.65. The maximum Gasteiger partial charge on any atom is 0.228 e. The Morgan fingerprint density at radius 3 is 2.69 bits per heavy atom. The van der Waals surface area contributed by atoms with E-state index in [1.165, 1.54) is 17.4 Å². The minimum atomic E-state index is -0.350. The van der Waals surface area contributed by atoms with Crippen LogP contribution < -0.4 is 9.64 Å². The first-order valence-corrected chi connectivity index (χ1v) is 13.4. The number of morpholine rings is 1. The number of benzene rings is 2. The highest BCUT2D eigenvalue weighted by Gasteiger charge is 2.21. The van der Waals surface area contributed by atoms with Gasteiger partial charge in [0.2, 0.25) is 5.91 Å². The van der Waals surface area contributed by atoms with Crippen molar-refractivity contribution in [3.63, 3.8) is 0 Å². The maximum absolute atomic E-state index is 14.2. The summed E-state index contributed by atoms with van der Waals surface area (Å²) >= 11 is 3.10. The molecule has 2 aromatic carbocycles. The van der Waals surface area contributed by atoms with Crippen LogP contribution in [0, 0.1) is 5.82 Å². The molecular formula is C25H31ClFN3O3S2. The molecule has 2 heterocycles. The first-order chi connectivity index (χ1) is 16.6. The van der Waals surface area contributed by atoms with Crippen molar-refractivity contribution in [1.82, 2.24) is 9.88 Å². The van der Waals surface area contributed by atoms with E-state index in [-0.39, 0.29) is 24.1 Å². The molecule has 0 N–H and O–H groups in total. The van der Waals surface area contributed by atoms with Crippen LogP contribution in [0.1, 0.15) is 19.3 Å². The summed E-state index contributed by atoms with van der Waals surface area (Å²) in [5.41, 5.74) is 0.337. The Hall–Kier alpha value is -1.91. The van der Waals surface area contributed by atoms with E-state index in [1.54, 1.807) is 29.8 Å². The van der Waals surface area contributed by atoms with E-state index in [0.29, 0.717) is 23.6 Å². The number of amides is 1. The molecule has 1 aliphatic heterocycles. The molecule has 0 radical (unpaired) electrons. The summed E-state index contributed by atoms with van der Waals surface area (Å²) < 4.78 is 25.6. The first-order valence-electron chi connectivity index (χ1n) is 11.6. The lowest BCUT2D eigenvalue weighted by atomic mass is 10.2. The predicted molar refractivity (Wildman–Crippen MR) is 144 cm³/mol. The molecule has 1 aromatic heterocycles. The Morgan fingerprint density at radius 2 is 1.97 bits per heavy atom. The topological polar surface area (TPSA) is 54.9 Å². The van der Waals surface area contributed by atoms with Gasteiger partial charge in [-0.05, 0) is 55.0 Å². The molecule has 6 nitrogen and oxygen atoms in total. The number of nitrogens with zero attached hydrogens (tertiary/aromatic N) is 3. The third-order valence-electron chi connectivity index (χ3n) is 5.71. The zero-order chi connectivity index (χ0) is 23.8. The number of halogens is 2. The number of ether oxygens (including phenoxy) is 2. The first kappa shape index (κ1) is 27.7. The summed E-state index contributed by atoms with van der Waals surface area (Å²) in [6, 6.07) is 12.9. The van der Waals surface area contributed by atoms with Gasteiger partial charge in [-0.2, -0.15) is 0 Å². The van der Waals surface area contributed by atoms with Crippen molar-refractivity contribution in [2.45, 2.75) is 24.2 Å². The van der Waals surface area contributed by atoms with Gasteiger partial charge in [-0.25, -0.2) is 9.37 Å². The zero-order valence-corrected chi connectivity index (χ0v) is 22.2. The van der Waals surface area contributed by atoms with Crippen LogP contribution in [0.2, 0.25) is 0 Å². The Balaban J connectivity index is 0.00000342. The van der Waals surface area contributed by atoms with Crippen LogP contribution in [0.15, 0.2) is 47.4 Å². The zero-order valence-electron chi connectivity index (χ0n) is 19.8. The molecule has 0 unspecified atom stereocenters. The fourth-order valence-corrected chi connectivity index (χ4v) is 5.72. The van der Waals surface area contributed by atoms with Crippen molar-refractivity contribution < 1.29 is 18.7 Å². The van der Waals surface area contributed by atoms with Crippen LogP contribution in [-0.2, 0) is 9.53 Å². The number of anilines is 1. The highest BCUT2D eigenvalue weighted by atomic mass is 35.5. The van der Waals surface area contributed by atoms with E-state index in [2.05, 4.69) is 9.88 Å². The van der Waals surface area contributed by atoms with Crippen LogP contribution in [0.3, 0.4) is 0 Å². The molecule has 4 rings (SSSR count).